The van der Waals surface area contributed by atoms with Gasteiger partial charge in [-0.05, 0) is 73.2 Å². The summed E-state index contributed by atoms with van der Waals surface area (Å²) in [6.07, 6.45) is 0. The molecule has 0 radical (unpaired) electrons. The normalized spacial score (nSPS) is 10.9. The Bertz CT molecular complexity index is 1430. The molecule has 36 heavy (non-hydrogen) atoms. The third-order valence-electron chi connectivity index (χ3n) is 6.07. The van der Waals surface area contributed by atoms with Crippen LogP contribution in [0, 0.1) is 6.92 Å². The first-order valence-electron chi connectivity index (χ1n) is 11.8. The average Bonchev–Trinajstić information content (AvgIpc) is 3.28. The predicted octanol–water partition coefficient (Wildman–Crippen LogP) is 7.74. The second-order valence-corrected chi connectivity index (χ2v) is 9.58. The van der Waals surface area contributed by atoms with Crippen molar-refractivity contribution in [1.82, 2.24) is 9.55 Å². The van der Waals surface area contributed by atoms with Crippen LogP contribution in [0.2, 0.25) is 0 Å². The standard InChI is InChI=1S/C31H28N2O2S/c1-22-9-19-28(20-10-22)36-31-32-29(24-11-15-26(34-2)16-12-24)30(25-13-17-27(35-3)18-14-25)33(31)21-23-7-5-4-6-8-23/h4-20H,21H2,1-3H3. The molecule has 0 spiro atoms. The zero-order chi connectivity index (χ0) is 24.9. The van der Waals surface area contributed by atoms with E-state index in [0.29, 0.717) is 6.54 Å². The molecule has 4 nitrogen and oxygen atoms in total. The number of ether oxygens (including phenoxy) is 2. The van der Waals surface area contributed by atoms with Gasteiger partial charge in [-0.25, -0.2) is 4.98 Å². The molecule has 1 aromatic heterocycles. The monoisotopic (exact) mass is 492 g/mol. The first-order valence-corrected chi connectivity index (χ1v) is 12.6. The lowest BCUT2D eigenvalue weighted by atomic mass is 10.0. The number of benzene rings is 4. The van der Waals surface area contributed by atoms with Crippen molar-refractivity contribution < 1.29 is 9.47 Å². The number of aryl methyl sites for hydroxylation is 1. The first kappa shape index (κ1) is 23.8. The Morgan fingerprint density at radius 3 is 1.86 bits per heavy atom. The largest absolute Gasteiger partial charge is 0.497 e. The fourth-order valence-corrected chi connectivity index (χ4v) is 5.01. The molecule has 0 unspecified atom stereocenters. The molecule has 0 aliphatic carbocycles. The van der Waals surface area contributed by atoms with Gasteiger partial charge in [-0.2, -0.15) is 0 Å². The molecule has 0 saturated heterocycles. The van der Waals surface area contributed by atoms with Gasteiger partial charge in [0.25, 0.3) is 0 Å². The Morgan fingerprint density at radius 1 is 0.694 bits per heavy atom. The molecule has 0 N–H and O–H groups in total. The van der Waals surface area contributed by atoms with Crippen LogP contribution in [0.4, 0.5) is 0 Å². The van der Waals surface area contributed by atoms with Crippen molar-refractivity contribution in [3.63, 3.8) is 0 Å². The quantitative estimate of drug-likeness (QED) is 0.222. The van der Waals surface area contributed by atoms with Crippen LogP contribution in [0.3, 0.4) is 0 Å². The topological polar surface area (TPSA) is 36.3 Å². The minimum atomic E-state index is 0.708. The molecule has 0 aliphatic rings. The van der Waals surface area contributed by atoms with E-state index in [-0.39, 0.29) is 0 Å². The highest BCUT2D eigenvalue weighted by Gasteiger charge is 2.21. The lowest BCUT2D eigenvalue weighted by molar-refractivity contribution is 0.414. The molecule has 0 saturated carbocycles. The number of rotatable bonds is 8. The van der Waals surface area contributed by atoms with Crippen LogP contribution in [0.15, 0.2) is 113 Å². The molecule has 0 bridgehead atoms. The van der Waals surface area contributed by atoms with E-state index in [4.69, 9.17) is 14.5 Å². The van der Waals surface area contributed by atoms with Crippen LogP contribution >= 0.6 is 11.8 Å². The van der Waals surface area contributed by atoms with E-state index in [1.807, 2.05) is 30.3 Å². The van der Waals surface area contributed by atoms with E-state index in [9.17, 15) is 0 Å². The second-order valence-electron chi connectivity index (χ2n) is 8.54. The predicted molar refractivity (Wildman–Crippen MR) is 147 cm³/mol. The molecular weight excluding hydrogens is 464 g/mol. The van der Waals surface area contributed by atoms with Gasteiger partial charge in [0.15, 0.2) is 5.16 Å². The Balaban J connectivity index is 1.70. The van der Waals surface area contributed by atoms with Gasteiger partial charge in [-0.15, -0.1) is 0 Å². The minimum Gasteiger partial charge on any atom is -0.497 e. The Morgan fingerprint density at radius 2 is 1.28 bits per heavy atom. The summed E-state index contributed by atoms with van der Waals surface area (Å²) in [6.45, 7) is 2.81. The summed E-state index contributed by atoms with van der Waals surface area (Å²) in [5, 5.41) is 0.944. The van der Waals surface area contributed by atoms with Gasteiger partial charge in [0.2, 0.25) is 0 Å². The summed E-state index contributed by atoms with van der Waals surface area (Å²) in [5.74, 6) is 1.65. The smallest absolute Gasteiger partial charge is 0.174 e. The first-order chi connectivity index (χ1) is 17.6. The number of methoxy groups -OCH3 is 2. The highest BCUT2D eigenvalue weighted by Crippen LogP contribution is 2.39. The summed E-state index contributed by atoms with van der Waals surface area (Å²) >= 11 is 1.68. The van der Waals surface area contributed by atoms with Gasteiger partial charge in [0, 0.05) is 16.0 Å². The maximum Gasteiger partial charge on any atom is 0.174 e. The van der Waals surface area contributed by atoms with Crippen molar-refractivity contribution in [2.45, 2.75) is 23.5 Å². The van der Waals surface area contributed by atoms with Crippen molar-refractivity contribution in [3.05, 3.63) is 114 Å². The Kier molecular flexibility index (Phi) is 7.10. The molecule has 180 valence electrons. The second kappa shape index (κ2) is 10.8. The van der Waals surface area contributed by atoms with E-state index < -0.39 is 0 Å². The highest BCUT2D eigenvalue weighted by molar-refractivity contribution is 7.99. The molecule has 0 fully saturated rings. The van der Waals surface area contributed by atoms with E-state index in [2.05, 4.69) is 84.3 Å². The zero-order valence-corrected chi connectivity index (χ0v) is 21.5. The fraction of sp³-hybridized carbons (Fsp3) is 0.129. The van der Waals surface area contributed by atoms with Crippen LogP contribution in [-0.2, 0) is 6.54 Å². The van der Waals surface area contributed by atoms with Crippen LogP contribution in [0.1, 0.15) is 11.1 Å². The minimum absolute atomic E-state index is 0.708. The van der Waals surface area contributed by atoms with Gasteiger partial charge in [0.1, 0.15) is 11.5 Å². The fourth-order valence-electron chi connectivity index (χ4n) is 4.13. The summed E-state index contributed by atoms with van der Waals surface area (Å²) in [4.78, 5) is 6.38. The molecular formula is C31H28N2O2S. The molecule has 0 amide bonds. The Hall–Kier alpha value is -3.96. The molecule has 0 atom stereocenters. The van der Waals surface area contributed by atoms with Gasteiger partial charge in [0.05, 0.1) is 32.2 Å². The lowest BCUT2D eigenvalue weighted by Gasteiger charge is -2.14. The number of hydrogen-bond acceptors (Lipinski definition) is 4. The molecule has 1 heterocycles. The summed E-state index contributed by atoms with van der Waals surface area (Å²) in [6, 6.07) is 35.4. The average molecular weight is 493 g/mol. The molecule has 5 rings (SSSR count). The van der Waals surface area contributed by atoms with Crippen molar-refractivity contribution in [2.24, 2.45) is 0 Å². The van der Waals surface area contributed by atoms with Crippen molar-refractivity contribution >= 4 is 11.8 Å². The van der Waals surface area contributed by atoms with Crippen LogP contribution in [0.25, 0.3) is 22.5 Å². The summed E-state index contributed by atoms with van der Waals surface area (Å²) in [7, 11) is 3.37. The lowest BCUT2D eigenvalue weighted by Crippen LogP contribution is -2.04. The van der Waals surface area contributed by atoms with Crippen LogP contribution in [0.5, 0.6) is 11.5 Å². The molecule has 5 heteroatoms. The number of hydrogen-bond donors (Lipinski definition) is 0. The van der Waals surface area contributed by atoms with E-state index in [0.717, 1.165) is 44.1 Å². The SMILES string of the molecule is COc1ccc(-c2nc(Sc3ccc(C)cc3)n(Cc3ccccc3)c2-c2ccc(OC)cc2)cc1. The van der Waals surface area contributed by atoms with Gasteiger partial charge in [-0.3, -0.25) is 0 Å². The maximum absolute atomic E-state index is 5.42. The summed E-state index contributed by atoms with van der Waals surface area (Å²) in [5.41, 5.74) is 6.59. The van der Waals surface area contributed by atoms with E-state index in [1.165, 1.54) is 11.1 Å². The zero-order valence-electron chi connectivity index (χ0n) is 20.6. The van der Waals surface area contributed by atoms with Crippen LogP contribution < -0.4 is 9.47 Å². The third-order valence-corrected chi connectivity index (χ3v) is 7.08. The van der Waals surface area contributed by atoms with Gasteiger partial charge in [-0.1, -0.05) is 59.8 Å². The number of aromatic nitrogens is 2. The summed E-state index contributed by atoms with van der Waals surface area (Å²) < 4.78 is 13.1. The number of imidazole rings is 1. The van der Waals surface area contributed by atoms with E-state index in [1.54, 1.807) is 26.0 Å². The third kappa shape index (κ3) is 5.16. The van der Waals surface area contributed by atoms with Crippen molar-refractivity contribution in [1.29, 1.82) is 0 Å². The van der Waals surface area contributed by atoms with Gasteiger partial charge >= 0.3 is 0 Å². The van der Waals surface area contributed by atoms with Crippen molar-refractivity contribution in [3.8, 4) is 34.0 Å². The maximum atomic E-state index is 5.42. The van der Waals surface area contributed by atoms with E-state index >= 15 is 0 Å². The molecule has 0 aliphatic heterocycles. The van der Waals surface area contributed by atoms with Crippen LogP contribution in [-0.4, -0.2) is 23.8 Å². The number of nitrogens with zero attached hydrogens (tertiary/aromatic N) is 2. The molecule has 5 aromatic rings. The van der Waals surface area contributed by atoms with Crippen molar-refractivity contribution in [2.75, 3.05) is 14.2 Å². The molecule has 4 aromatic carbocycles. The highest BCUT2D eigenvalue weighted by atomic mass is 32.2. The van der Waals surface area contributed by atoms with Gasteiger partial charge < -0.3 is 14.0 Å². The Labute approximate surface area is 216 Å².